The fourth-order valence-corrected chi connectivity index (χ4v) is 3.66. The summed E-state index contributed by atoms with van der Waals surface area (Å²) in [5, 5.41) is 9.97. The monoisotopic (exact) mass is 432 g/mol. The number of nitrogens with zero attached hydrogens (tertiary/aromatic N) is 2. The topological polar surface area (TPSA) is 82.7 Å². The van der Waals surface area contributed by atoms with Gasteiger partial charge in [0.05, 0.1) is 32.2 Å². The van der Waals surface area contributed by atoms with Crippen molar-refractivity contribution in [2.24, 2.45) is 0 Å². The molecule has 0 spiro atoms. The van der Waals surface area contributed by atoms with Crippen molar-refractivity contribution in [3.05, 3.63) is 105 Å². The average molecular weight is 432 g/mol. The van der Waals surface area contributed by atoms with Crippen molar-refractivity contribution in [3.8, 4) is 11.5 Å². The summed E-state index contributed by atoms with van der Waals surface area (Å²) in [6, 6.07) is 21.9. The van der Waals surface area contributed by atoms with Crippen molar-refractivity contribution >= 4 is 10.9 Å². The normalized spacial score (nSPS) is 10.9. The molecule has 0 aliphatic carbocycles. The molecule has 4 rings (SSSR count). The van der Waals surface area contributed by atoms with Crippen molar-refractivity contribution in [3.63, 3.8) is 0 Å². The zero-order chi connectivity index (χ0) is 22.5. The Balaban J connectivity index is 1.80. The van der Waals surface area contributed by atoms with Crippen LogP contribution in [0.25, 0.3) is 10.9 Å². The van der Waals surface area contributed by atoms with E-state index in [2.05, 4.69) is 0 Å². The Morgan fingerprint density at radius 3 is 2.28 bits per heavy atom. The van der Waals surface area contributed by atoms with Gasteiger partial charge in [0, 0.05) is 0 Å². The minimum atomic E-state index is -0.497. The van der Waals surface area contributed by atoms with Crippen molar-refractivity contribution in [2.75, 3.05) is 13.7 Å². The highest BCUT2D eigenvalue weighted by atomic mass is 16.5. The molecule has 0 amide bonds. The van der Waals surface area contributed by atoms with Gasteiger partial charge >= 0.3 is 5.69 Å². The SMILES string of the molecule is COc1ccc(Cn2c(=O)c3cccc(OCc4ccccc4)c3n(CCO)c2=O)cc1. The number of aliphatic hydroxyl groups excluding tert-OH is 1. The van der Waals surface area contributed by atoms with Gasteiger partial charge in [-0.05, 0) is 35.4 Å². The lowest BCUT2D eigenvalue weighted by molar-refractivity contribution is 0.272. The Morgan fingerprint density at radius 1 is 0.844 bits per heavy atom. The van der Waals surface area contributed by atoms with Crippen LogP contribution in [0.15, 0.2) is 82.4 Å². The molecule has 0 unspecified atom stereocenters. The van der Waals surface area contributed by atoms with Crippen LogP contribution in [0.5, 0.6) is 11.5 Å². The van der Waals surface area contributed by atoms with Crippen molar-refractivity contribution in [1.82, 2.24) is 9.13 Å². The lowest BCUT2D eigenvalue weighted by atomic mass is 10.2. The number of hydrogen-bond donors (Lipinski definition) is 1. The Kier molecular flexibility index (Phi) is 6.37. The summed E-state index contributed by atoms with van der Waals surface area (Å²) in [5.74, 6) is 1.11. The van der Waals surface area contributed by atoms with Crippen LogP contribution in [-0.4, -0.2) is 28.0 Å². The van der Waals surface area contributed by atoms with Gasteiger partial charge in [0.2, 0.25) is 0 Å². The summed E-state index contributed by atoms with van der Waals surface area (Å²) >= 11 is 0. The van der Waals surface area contributed by atoms with Crippen LogP contribution in [0.4, 0.5) is 0 Å². The predicted octanol–water partition coefficient (Wildman–Crippen LogP) is 2.79. The molecule has 7 nitrogen and oxygen atoms in total. The number of benzene rings is 3. The number of hydrogen-bond acceptors (Lipinski definition) is 5. The Morgan fingerprint density at radius 2 is 1.59 bits per heavy atom. The van der Waals surface area contributed by atoms with Crippen molar-refractivity contribution in [1.29, 1.82) is 0 Å². The summed E-state index contributed by atoms with van der Waals surface area (Å²) in [6.45, 7) is 0.201. The first-order chi connectivity index (χ1) is 15.6. The maximum atomic E-state index is 13.3. The molecule has 0 aliphatic heterocycles. The number of rotatable bonds is 8. The van der Waals surface area contributed by atoms with E-state index in [0.717, 1.165) is 11.1 Å². The van der Waals surface area contributed by atoms with Crippen molar-refractivity contribution in [2.45, 2.75) is 19.7 Å². The van der Waals surface area contributed by atoms with Crippen LogP contribution in [-0.2, 0) is 19.7 Å². The second-order valence-corrected chi connectivity index (χ2v) is 7.32. The minimum absolute atomic E-state index is 0.0456. The molecular weight excluding hydrogens is 408 g/mol. The van der Waals surface area contributed by atoms with E-state index in [1.165, 1.54) is 9.13 Å². The lowest BCUT2D eigenvalue weighted by Gasteiger charge is -2.17. The molecule has 0 atom stereocenters. The number of aromatic nitrogens is 2. The molecule has 7 heteroatoms. The summed E-state index contributed by atoms with van der Waals surface area (Å²) in [4.78, 5) is 26.5. The molecular formula is C25H24N2O5. The molecule has 0 radical (unpaired) electrons. The maximum absolute atomic E-state index is 13.3. The van der Waals surface area contributed by atoms with Gasteiger partial charge in [0.15, 0.2) is 0 Å². The fourth-order valence-electron chi connectivity index (χ4n) is 3.66. The Labute approximate surface area is 184 Å². The molecule has 0 saturated heterocycles. The van der Waals surface area contributed by atoms with Gasteiger partial charge in [-0.1, -0.05) is 48.5 Å². The zero-order valence-electron chi connectivity index (χ0n) is 17.7. The van der Waals surface area contributed by atoms with Gasteiger partial charge < -0.3 is 14.6 Å². The van der Waals surface area contributed by atoms with Crippen LogP contribution >= 0.6 is 0 Å². The fraction of sp³-hybridized carbons (Fsp3) is 0.200. The molecule has 4 aromatic rings. The molecule has 3 aromatic carbocycles. The number of aliphatic hydroxyl groups is 1. The van der Waals surface area contributed by atoms with E-state index in [1.54, 1.807) is 37.4 Å². The van der Waals surface area contributed by atoms with E-state index < -0.39 is 11.2 Å². The molecule has 164 valence electrons. The number of methoxy groups -OCH3 is 1. The zero-order valence-corrected chi connectivity index (χ0v) is 17.7. The van der Waals surface area contributed by atoms with Gasteiger partial charge in [0.25, 0.3) is 5.56 Å². The second kappa shape index (κ2) is 9.53. The third-order valence-electron chi connectivity index (χ3n) is 5.27. The quantitative estimate of drug-likeness (QED) is 0.463. The summed E-state index contributed by atoms with van der Waals surface area (Å²) in [5.41, 5.74) is 1.24. The Hall–Kier alpha value is -3.84. The maximum Gasteiger partial charge on any atom is 0.331 e. The van der Waals surface area contributed by atoms with Gasteiger partial charge in [-0.3, -0.25) is 13.9 Å². The molecule has 0 bridgehead atoms. The molecule has 0 fully saturated rings. The summed E-state index contributed by atoms with van der Waals surface area (Å²) in [6.07, 6.45) is 0. The lowest BCUT2D eigenvalue weighted by Crippen LogP contribution is -2.41. The number of fused-ring (bicyclic) bond motifs is 1. The highest BCUT2D eigenvalue weighted by Gasteiger charge is 2.17. The van der Waals surface area contributed by atoms with Crippen LogP contribution in [0.1, 0.15) is 11.1 Å². The van der Waals surface area contributed by atoms with E-state index >= 15 is 0 Å². The van der Waals surface area contributed by atoms with Gasteiger partial charge in [0.1, 0.15) is 23.6 Å². The van der Waals surface area contributed by atoms with Crippen molar-refractivity contribution < 1.29 is 14.6 Å². The first-order valence-electron chi connectivity index (χ1n) is 10.3. The average Bonchev–Trinajstić information content (AvgIpc) is 2.84. The highest BCUT2D eigenvalue weighted by molar-refractivity contribution is 5.84. The number of ether oxygens (including phenoxy) is 2. The van der Waals surface area contributed by atoms with Crippen LogP contribution in [0.2, 0.25) is 0 Å². The molecule has 32 heavy (non-hydrogen) atoms. The van der Waals surface area contributed by atoms with E-state index in [9.17, 15) is 14.7 Å². The molecule has 1 N–H and O–H groups in total. The molecule has 1 aromatic heterocycles. The molecule has 0 saturated carbocycles. The third kappa shape index (κ3) is 4.29. The van der Waals surface area contributed by atoms with Gasteiger partial charge in [-0.25, -0.2) is 4.79 Å². The first-order valence-corrected chi connectivity index (χ1v) is 10.3. The van der Waals surface area contributed by atoms with E-state index in [-0.39, 0.29) is 19.7 Å². The minimum Gasteiger partial charge on any atom is -0.497 e. The molecule has 1 heterocycles. The highest BCUT2D eigenvalue weighted by Crippen LogP contribution is 2.24. The van der Waals surface area contributed by atoms with Crippen LogP contribution in [0.3, 0.4) is 0 Å². The van der Waals surface area contributed by atoms with Gasteiger partial charge in [-0.15, -0.1) is 0 Å². The summed E-state index contributed by atoms with van der Waals surface area (Å²) < 4.78 is 13.7. The molecule has 0 aliphatic rings. The Bertz CT molecular complexity index is 1330. The summed E-state index contributed by atoms with van der Waals surface area (Å²) in [7, 11) is 1.58. The van der Waals surface area contributed by atoms with Gasteiger partial charge in [-0.2, -0.15) is 0 Å². The van der Waals surface area contributed by atoms with Crippen LogP contribution in [0, 0.1) is 0 Å². The van der Waals surface area contributed by atoms with Crippen LogP contribution < -0.4 is 20.7 Å². The first kappa shape index (κ1) is 21.4. The standard InChI is InChI=1S/C25H24N2O5/c1-31-20-12-10-18(11-13-20)16-27-24(29)21-8-5-9-22(23(21)26(14-15-28)25(27)30)32-17-19-6-3-2-4-7-19/h2-13,28H,14-17H2,1H3. The van der Waals surface area contributed by atoms with E-state index in [0.29, 0.717) is 29.0 Å². The van der Waals surface area contributed by atoms with E-state index in [4.69, 9.17) is 9.47 Å². The predicted molar refractivity (Wildman–Crippen MR) is 122 cm³/mol. The second-order valence-electron chi connectivity index (χ2n) is 7.32. The largest absolute Gasteiger partial charge is 0.497 e. The number of para-hydroxylation sites is 1. The van der Waals surface area contributed by atoms with E-state index in [1.807, 2.05) is 42.5 Å². The smallest absolute Gasteiger partial charge is 0.331 e. The third-order valence-corrected chi connectivity index (χ3v) is 5.27.